The lowest BCUT2D eigenvalue weighted by molar-refractivity contribution is -0.130. The summed E-state index contributed by atoms with van der Waals surface area (Å²) in [6.45, 7) is 5.31. The van der Waals surface area contributed by atoms with Gasteiger partial charge in [-0.2, -0.15) is 0 Å². The number of aliphatic carboxylic acids is 1. The first-order chi connectivity index (χ1) is 6.61. The monoisotopic (exact) mass is 208 g/mol. The van der Waals surface area contributed by atoms with Crippen LogP contribution in [0.2, 0.25) is 0 Å². The van der Waals surface area contributed by atoms with Gasteiger partial charge in [0.15, 0.2) is 4.96 Å². The Bertz CT molecular complexity index is 524. The van der Waals surface area contributed by atoms with Crippen LogP contribution < -0.4 is 0 Å². The van der Waals surface area contributed by atoms with Gasteiger partial charge in [-0.1, -0.05) is 6.58 Å². The van der Waals surface area contributed by atoms with Crippen LogP contribution in [0.3, 0.4) is 0 Å². The van der Waals surface area contributed by atoms with Gasteiger partial charge in [0.05, 0.1) is 17.0 Å². The summed E-state index contributed by atoms with van der Waals surface area (Å²) in [6, 6.07) is 0. The predicted molar refractivity (Wildman–Crippen MR) is 54.5 cm³/mol. The minimum absolute atomic E-state index is 0.0772. The molecule has 5 heteroatoms. The number of thiazole rings is 1. The fourth-order valence-corrected chi connectivity index (χ4v) is 2.12. The second kappa shape index (κ2) is 2.95. The Morgan fingerprint density at radius 3 is 3.07 bits per heavy atom. The van der Waals surface area contributed by atoms with Crippen molar-refractivity contribution >= 4 is 27.8 Å². The second-order valence-corrected chi connectivity index (χ2v) is 3.76. The minimum Gasteiger partial charge on any atom is -0.478 e. The van der Waals surface area contributed by atoms with Crippen molar-refractivity contribution in [2.45, 2.75) is 6.92 Å². The molecule has 2 rings (SSSR count). The van der Waals surface area contributed by atoms with Crippen LogP contribution >= 0.6 is 11.3 Å². The zero-order chi connectivity index (χ0) is 10.3. The van der Waals surface area contributed by atoms with Crippen LogP contribution in [0.15, 0.2) is 18.2 Å². The minimum atomic E-state index is -1.01. The van der Waals surface area contributed by atoms with E-state index >= 15 is 0 Å². The molecule has 72 valence electrons. The summed E-state index contributed by atoms with van der Waals surface area (Å²) >= 11 is 1.47. The number of nitrogens with zero attached hydrogens (tertiary/aromatic N) is 2. The van der Waals surface area contributed by atoms with E-state index in [1.165, 1.54) is 11.3 Å². The lowest BCUT2D eigenvalue weighted by Gasteiger charge is -1.99. The predicted octanol–water partition coefficient (Wildman–Crippen LogP) is 1.80. The Morgan fingerprint density at radius 1 is 1.71 bits per heavy atom. The Morgan fingerprint density at radius 2 is 2.43 bits per heavy atom. The van der Waals surface area contributed by atoms with Gasteiger partial charge in [0.2, 0.25) is 0 Å². The number of carboxylic acids is 1. The summed E-state index contributed by atoms with van der Waals surface area (Å²) in [7, 11) is 0. The van der Waals surface area contributed by atoms with E-state index in [4.69, 9.17) is 5.11 Å². The Balaban J connectivity index is 2.70. The number of carbonyl (C=O) groups is 1. The van der Waals surface area contributed by atoms with E-state index in [-0.39, 0.29) is 5.57 Å². The number of hydrogen-bond donors (Lipinski definition) is 1. The van der Waals surface area contributed by atoms with Crippen molar-refractivity contribution in [3.05, 3.63) is 29.5 Å². The summed E-state index contributed by atoms with van der Waals surface area (Å²) in [6.07, 6.45) is 1.80. The molecule has 0 unspecified atom stereocenters. The van der Waals surface area contributed by atoms with Gasteiger partial charge in [-0.05, 0) is 6.92 Å². The normalized spacial score (nSPS) is 10.6. The van der Waals surface area contributed by atoms with Crippen LogP contribution in [-0.4, -0.2) is 20.5 Å². The van der Waals surface area contributed by atoms with Crippen molar-refractivity contribution in [2.24, 2.45) is 0 Å². The molecule has 0 bridgehead atoms. The smallest absolute Gasteiger partial charge is 0.337 e. The standard InChI is InChI=1S/C9H8N2O2S/c1-5(8(12)13)7-6(2)10-9-11(7)3-4-14-9/h3-4H,1H2,2H3,(H,12,13). The SMILES string of the molecule is C=C(C(=O)O)c1c(C)nc2sccn12. The molecule has 0 amide bonds. The topological polar surface area (TPSA) is 54.6 Å². The zero-order valence-electron chi connectivity index (χ0n) is 7.52. The number of hydrogen-bond acceptors (Lipinski definition) is 3. The zero-order valence-corrected chi connectivity index (χ0v) is 8.34. The van der Waals surface area contributed by atoms with Gasteiger partial charge in [-0.25, -0.2) is 9.78 Å². The van der Waals surface area contributed by atoms with Gasteiger partial charge in [0.1, 0.15) is 0 Å². The summed E-state index contributed by atoms with van der Waals surface area (Å²) in [5.41, 5.74) is 1.35. The van der Waals surface area contributed by atoms with E-state index in [0.717, 1.165) is 4.96 Å². The van der Waals surface area contributed by atoms with Gasteiger partial charge >= 0.3 is 5.97 Å². The number of imidazole rings is 1. The summed E-state index contributed by atoms with van der Waals surface area (Å²) in [5.74, 6) is -1.01. The highest BCUT2D eigenvalue weighted by atomic mass is 32.1. The average molecular weight is 208 g/mol. The van der Waals surface area contributed by atoms with Gasteiger partial charge in [0, 0.05) is 11.6 Å². The largest absolute Gasteiger partial charge is 0.478 e. The fourth-order valence-electron chi connectivity index (χ4n) is 1.36. The average Bonchev–Trinajstić information content (AvgIpc) is 2.62. The first kappa shape index (κ1) is 8.96. The Labute approximate surface area is 84.1 Å². The first-order valence-electron chi connectivity index (χ1n) is 3.96. The third-order valence-corrected chi connectivity index (χ3v) is 2.74. The van der Waals surface area contributed by atoms with Gasteiger partial charge in [-0.3, -0.25) is 4.40 Å². The van der Waals surface area contributed by atoms with E-state index in [9.17, 15) is 4.79 Å². The maximum atomic E-state index is 10.8. The molecular weight excluding hydrogens is 200 g/mol. The van der Waals surface area contributed by atoms with Crippen molar-refractivity contribution in [1.82, 2.24) is 9.38 Å². The molecule has 14 heavy (non-hydrogen) atoms. The third kappa shape index (κ3) is 1.13. The van der Waals surface area contributed by atoms with Gasteiger partial charge < -0.3 is 5.11 Å². The van der Waals surface area contributed by atoms with Crippen molar-refractivity contribution < 1.29 is 9.90 Å². The number of aryl methyl sites for hydroxylation is 1. The Hall–Kier alpha value is -1.62. The Kier molecular flexibility index (Phi) is 1.89. The number of carboxylic acid groups (broad SMARTS) is 1. The van der Waals surface area contributed by atoms with Gasteiger partial charge in [-0.15, -0.1) is 11.3 Å². The van der Waals surface area contributed by atoms with Crippen molar-refractivity contribution in [2.75, 3.05) is 0 Å². The molecule has 0 aliphatic heterocycles. The molecule has 0 fully saturated rings. The van der Waals surface area contributed by atoms with Crippen LogP contribution in [0.4, 0.5) is 0 Å². The van der Waals surface area contributed by atoms with Crippen molar-refractivity contribution in [3.63, 3.8) is 0 Å². The molecule has 0 aromatic carbocycles. The maximum Gasteiger partial charge on any atom is 0.337 e. The van der Waals surface area contributed by atoms with Crippen LogP contribution in [-0.2, 0) is 4.79 Å². The molecular formula is C9H8N2O2S. The maximum absolute atomic E-state index is 10.8. The summed E-state index contributed by atoms with van der Waals surface area (Å²) in [5, 5.41) is 10.7. The highest BCUT2D eigenvalue weighted by Gasteiger charge is 2.16. The molecule has 2 heterocycles. The molecule has 0 aliphatic carbocycles. The highest BCUT2D eigenvalue weighted by Crippen LogP contribution is 2.22. The number of aromatic nitrogens is 2. The molecule has 0 radical (unpaired) electrons. The number of fused-ring (bicyclic) bond motifs is 1. The van der Waals surface area contributed by atoms with Crippen LogP contribution in [0, 0.1) is 6.92 Å². The van der Waals surface area contributed by atoms with Crippen molar-refractivity contribution in [1.29, 1.82) is 0 Å². The molecule has 0 atom stereocenters. The van der Waals surface area contributed by atoms with E-state index in [1.54, 1.807) is 17.5 Å². The molecule has 4 nitrogen and oxygen atoms in total. The van der Waals surface area contributed by atoms with E-state index in [2.05, 4.69) is 11.6 Å². The van der Waals surface area contributed by atoms with E-state index in [0.29, 0.717) is 11.4 Å². The fraction of sp³-hybridized carbons (Fsp3) is 0.111. The quantitative estimate of drug-likeness (QED) is 0.765. The highest BCUT2D eigenvalue weighted by molar-refractivity contribution is 7.15. The van der Waals surface area contributed by atoms with Crippen molar-refractivity contribution in [3.8, 4) is 0 Å². The summed E-state index contributed by atoms with van der Waals surface area (Å²) in [4.78, 5) is 15.8. The molecule has 1 N–H and O–H groups in total. The summed E-state index contributed by atoms with van der Waals surface area (Å²) < 4.78 is 1.75. The van der Waals surface area contributed by atoms with Crippen LogP contribution in [0.25, 0.3) is 10.5 Å². The first-order valence-corrected chi connectivity index (χ1v) is 4.84. The molecule has 0 saturated heterocycles. The lowest BCUT2D eigenvalue weighted by Crippen LogP contribution is -2.01. The molecule has 0 saturated carbocycles. The van der Waals surface area contributed by atoms with Crippen LogP contribution in [0.5, 0.6) is 0 Å². The molecule has 2 aromatic rings. The molecule has 2 aromatic heterocycles. The van der Waals surface area contributed by atoms with E-state index < -0.39 is 5.97 Å². The second-order valence-electron chi connectivity index (χ2n) is 2.89. The van der Waals surface area contributed by atoms with Gasteiger partial charge in [0.25, 0.3) is 0 Å². The lowest BCUT2D eigenvalue weighted by atomic mass is 10.2. The molecule has 0 aliphatic rings. The van der Waals surface area contributed by atoms with E-state index in [1.807, 2.05) is 5.38 Å². The van der Waals surface area contributed by atoms with Crippen LogP contribution in [0.1, 0.15) is 11.4 Å². The third-order valence-electron chi connectivity index (χ3n) is 1.98. The molecule has 0 spiro atoms. The number of rotatable bonds is 2.